The van der Waals surface area contributed by atoms with Crippen LogP contribution in [0.4, 0.5) is 5.69 Å². The molecule has 1 aromatic rings. The summed E-state index contributed by atoms with van der Waals surface area (Å²) in [6.45, 7) is 13.8. The summed E-state index contributed by atoms with van der Waals surface area (Å²) in [5.74, 6) is -1.54. The van der Waals surface area contributed by atoms with E-state index in [-0.39, 0.29) is 16.6 Å². The second-order valence-electron chi connectivity index (χ2n) is 8.72. The van der Waals surface area contributed by atoms with Crippen LogP contribution >= 0.6 is 7.60 Å². The summed E-state index contributed by atoms with van der Waals surface area (Å²) in [6, 6.07) is 5.91. The predicted octanol–water partition coefficient (Wildman–Crippen LogP) is 5.78. The maximum atomic E-state index is 14.2. The average Bonchev–Trinajstić information content (AvgIpc) is 2.65. The molecular weight excluding hydrogens is 447 g/mol. The summed E-state index contributed by atoms with van der Waals surface area (Å²) >= 11 is 0. The van der Waals surface area contributed by atoms with Gasteiger partial charge in [0, 0.05) is 23.5 Å². The van der Waals surface area contributed by atoms with Gasteiger partial charge in [0.25, 0.3) is 5.69 Å². The van der Waals surface area contributed by atoms with Crippen molar-refractivity contribution in [3.63, 3.8) is 0 Å². The standard InChI is InChI=1S/C23H33N2O7P/c1-13(2)30-23(26)20-16(7)24-17(8)22(33(29,31-14(3)4)32-15(5)6)21(20)18-10-9-11-19(12-18)25(27)28/h9-15,21,24H,1-8H3. The minimum atomic E-state index is -3.96. The SMILES string of the molecule is CC1=C(C(=O)OC(C)C)C(c2cccc([N+](=O)[O-])c2)C(P(=O)(OC(C)C)OC(C)C)=C(C)N1. The van der Waals surface area contributed by atoms with E-state index < -0.39 is 42.7 Å². The first kappa shape index (κ1) is 26.8. The number of rotatable bonds is 9. The zero-order valence-corrected chi connectivity index (χ0v) is 21.3. The molecule has 182 valence electrons. The van der Waals surface area contributed by atoms with Crippen LogP contribution in [0.3, 0.4) is 0 Å². The van der Waals surface area contributed by atoms with Crippen molar-refractivity contribution in [2.75, 3.05) is 0 Å². The fourth-order valence-electron chi connectivity index (χ4n) is 3.73. The number of allylic oxidation sites excluding steroid dienone is 3. The van der Waals surface area contributed by atoms with Gasteiger partial charge < -0.3 is 19.1 Å². The molecule has 0 bridgehead atoms. The highest BCUT2D eigenvalue weighted by molar-refractivity contribution is 7.58. The van der Waals surface area contributed by atoms with Crippen molar-refractivity contribution in [2.45, 2.75) is 79.6 Å². The van der Waals surface area contributed by atoms with Crippen LogP contribution in [-0.4, -0.2) is 29.2 Å². The molecule has 0 aromatic heterocycles. The lowest BCUT2D eigenvalue weighted by Gasteiger charge is -2.36. The third-order valence-electron chi connectivity index (χ3n) is 4.70. The minimum Gasteiger partial charge on any atom is -0.460 e. The number of nitro groups is 1. The molecule has 0 amide bonds. The number of hydrogen-bond donors (Lipinski definition) is 1. The number of nitrogens with one attached hydrogen (secondary N) is 1. The Morgan fingerprint density at radius 1 is 1.03 bits per heavy atom. The van der Waals surface area contributed by atoms with Gasteiger partial charge >= 0.3 is 13.6 Å². The number of nitrogens with zero attached hydrogens (tertiary/aromatic N) is 1. The molecule has 1 N–H and O–H groups in total. The summed E-state index contributed by atoms with van der Waals surface area (Å²) in [5, 5.41) is 14.8. The molecule has 2 rings (SSSR count). The van der Waals surface area contributed by atoms with Gasteiger partial charge in [0.15, 0.2) is 0 Å². The number of esters is 1. The van der Waals surface area contributed by atoms with Crippen LogP contribution < -0.4 is 5.32 Å². The van der Waals surface area contributed by atoms with Gasteiger partial charge in [0.1, 0.15) is 0 Å². The average molecular weight is 480 g/mol. The Labute approximate surface area is 194 Å². The van der Waals surface area contributed by atoms with E-state index in [9.17, 15) is 19.5 Å². The maximum absolute atomic E-state index is 14.2. The molecule has 0 spiro atoms. The Morgan fingerprint density at radius 3 is 2.09 bits per heavy atom. The normalized spacial score (nSPS) is 17.1. The summed E-state index contributed by atoms with van der Waals surface area (Å²) < 4.78 is 31.5. The van der Waals surface area contributed by atoms with E-state index in [1.807, 2.05) is 0 Å². The van der Waals surface area contributed by atoms with E-state index in [1.54, 1.807) is 61.5 Å². The highest BCUT2D eigenvalue weighted by Gasteiger charge is 2.46. The summed E-state index contributed by atoms with van der Waals surface area (Å²) in [7, 11) is -3.96. The Morgan fingerprint density at radius 2 is 1.61 bits per heavy atom. The van der Waals surface area contributed by atoms with Crippen molar-refractivity contribution in [2.24, 2.45) is 0 Å². The maximum Gasteiger partial charge on any atom is 0.360 e. The zero-order chi connectivity index (χ0) is 25.1. The zero-order valence-electron chi connectivity index (χ0n) is 20.4. The number of non-ortho nitro benzene ring substituents is 1. The molecular formula is C23H33N2O7P. The predicted molar refractivity (Wildman–Crippen MR) is 126 cm³/mol. The number of carbonyl (C=O) groups excluding carboxylic acids is 1. The van der Waals surface area contributed by atoms with E-state index in [0.717, 1.165) is 0 Å². The topological polar surface area (TPSA) is 117 Å². The van der Waals surface area contributed by atoms with Gasteiger partial charge in [-0.3, -0.25) is 14.7 Å². The number of ether oxygens (including phenoxy) is 1. The second kappa shape index (κ2) is 10.6. The molecule has 0 saturated heterocycles. The Bertz CT molecular complexity index is 1010. The Balaban J connectivity index is 2.84. The van der Waals surface area contributed by atoms with Crippen LogP contribution in [0.5, 0.6) is 0 Å². The van der Waals surface area contributed by atoms with Crippen molar-refractivity contribution in [1.29, 1.82) is 0 Å². The molecule has 33 heavy (non-hydrogen) atoms. The van der Waals surface area contributed by atoms with Crippen LogP contribution in [0.15, 0.2) is 46.5 Å². The molecule has 9 nitrogen and oxygen atoms in total. The molecule has 1 aliphatic rings. The second-order valence-corrected chi connectivity index (χ2v) is 10.6. The summed E-state index contributed by atoms with van der Waals surface area (Å²) in [4.78, 5) is 24.1. The largest absolute Gasteiger partial charge is 0.460 e. The first-order chi connectivity index (χ1) is 15.3. The fourth-order valence-corrected chi connectivity index (χ4v) is 6.18. The molecule has 1 unspecified atom stereocenters. The number of dihydropyridines is 1. The molecule has 1 atom stereocenters. The lowest BCUT2D eigenvalue weighted by molar-refractivity contribution is -0.384. The van der Waals surface area contributed by atoms with Crippen molar-refractivity contribution < 1.29 is 28.1 Å². The van der Waals surface area contributed by atoms with E-state index in [2.05, 4.69) is 5.32 Å². The summed E-state index contributed by atoms with van der Waals surface area (Å²) in [5.41, 5.74) is 1.45. The Kier molecular flexibility index (Phi) is 8.63. The monoisotopic (exact) mass is 480 g/mol. The number of carbonyl (C=O) groups is 1. The summed E-state index contributed by atoms with van der Waals surface area (Å²) in [6.07, 6.45) is -1.29. The first-order valence-electron chi connectivity index (χ1n) is 10.9. The number of benzene rings is 1. The van der Waals surface area contributed by atoms with Gasteiger partial charge in [-0.25, -0.2) is 4.79 Å². The number of nitro benzene ring substituents is 1. The van der Waals surface area contributed by atoms with Crippen LogP contribution in [0, 0.1) is 10.1 Å². The van der Waals surface area contributed by atoms with E-state index in [4.69, 9.17) is 13.8 Å². The molecule has 0 radical (unpaired) electrons. The Hall–Kier alpha value is -2.48. The lowest BCUT2D eigenvalue weighted by Crippen LogP contribution is -2.31. The highest BCUT2D eigenvalue weighted by atomic mass is 31.2. The van der Waals surface area contributed by atoms with Gasteiger partial charge in [0.05, 0.1) is 40.0 Å². The van der Waals surface area contributed by atoms with E-state index in [1.165, 1.54) is 18.2 Å². The fraction of sp³-hybridized carbons (Fsp3) is 0.522. The molecule has 1 aromatic carbocycles. The quantitative estimate of drug-likeness (QED) is 0.204. The van der Waals surface area contributed by atoms with E-state index in [0.29, 0.717) is 17.0 Å². The number of hydrogen-bond acceptors (Lipinski definition) is 8. The third-order valence-corrected chi connectivity index (χ3v) is 7.28. The van der Waals surface area contributed by atoms with Crippen LogP contribution in [0.1, 0.15) is 66.9 Å². The molecule has 0 fully saturated rings. The highest BCUT2D eigenvalue weighted by Crippen LogP contribution is 2.65. The third kappa shape index (κ3) is 6.31. The van der Waals surface area contributed by atoms with Gasteiger partial charge in [-0.2, -0.15) is 0 Å². The first-order valence-corrected chi connectivity index (χ1v) is 12.4. The molecule has 1 heterocycles. The van der Waals surface area contributed by atoms with Crippen molar-refractivity contribution >= 4 is 19.3 Å². The van der Waals surface area contributed by atoms with E-state index >= 15 is 0 Å². The molecule has 10 heteroatoms. The van der Waals surface area contributed by atoms with Crippen LogP contribution in [0.25, 0.3) is 0 Å². The van der Waals surface area contributed by atoms with Crippen molar-refractivity contribution in [1.82, 2.24) is 5.32 Å². The van der Waals surface area contributed by atoms with Crippen molar-refractivity contribution in [3.05, 3.63) is 62.2 Å². The van der Waals surface area contributed by atoms with Crippen molar-refractivity contribution in [3.8, 4) is 0 Å². The van der Waals surface area contributed by atoms with Gasteiger partial charge in [-0.1, -0.05) is 12.1 Å². The van der Waals surface area contributed by atoms with Gasteiger partial charge in [-0.05, 0) is 61.0 Å². The van der Waals surface area contributed by atoms with Crippen LogP contribution in [0.2, 0.25) is 0 Å². The molecule has 0 saturated carbocycles. The van der Waals surface area contributed by atoms with Gasteiger partial charge in [0.2, 0.25) is 0 Å². The smallest absolute Gasteiger partial charge is 0.360 e. The molecule has 1 aliphatic heterocycles. The van der Waals surface area contributed by atoms with Crippen LogP contribution in [-0.2, 0) is 23.1 Å². The lowest BCUT2D eigenvalue weighted by atomic mass is 9.86. The molecule has 0 aliphatic carbocycles. The van der Waals surface area contributed by atoms with Gasteiger partial charge in [-0.15, -0.1) is 0 Å². The minimum absolute atomic E-state index is 0.151.